The SMILES string of the molecule is NN1CCC=CC(n2nccn2)C1. The van der Waals surface area contributed by atoms with Crippen LogP contribution in [0.3, 0.4) is 0 Å². The van der Waals surface area contributed by atoms with Gasteiger partial charge in [0.1, 0.15) is 6.04 Å². The van der Waals surface area contributed by atoms with Gasteiger partial charge < -0.3 is 0 Å². The molecule has 0 bridgehead atoms. The normalized spacial score (nSPS) is 24.5. The number of hydrogen-bond donors (Lipinski definition) is 1. The Labute approximate surface area is 76.8 Å². The van der Waals surface area contributed by atoms with Crippen molar-refractivity contribution in [2.24, 2.45) is 5.84 Å². The summed E-state index contributed by atoms with van der Waals surface area (Å²) in [7, 11) is 0. The van der Waals surface area contributed by atoms with Crippen molar-refractivity contribution in [1.82, 2.24) is 20.0 Å². The average Bonchev–Trinajstić information content (AvgIpc) is 2.56. The Kier molecular flexibility index (Phi) is 2.37. The van der Waals surface area contributed by atoms with Crippen molar-refractivity contribution in [3.63, 3.8) is 0 Å². The van der Waals surface area contributed by atoms with Crippen LogP contribution in [0.2, 0.25) is 0 Å². The highest BCUT2D eigenvalue weighted by Crippen LogP contribution is 2.10. The highest BCUT2D eigenvalue weighted by atomic mass is 15.5. The molecule has 2 N–H and O–H groups in total. The van der Waals surface area contributed by atoms with Gasteiger partial charge in [0.25, 0.3) is 0 Å². The number of nitrogens with two attached hydrogens (primary N) is 1. The van der Waals surface area contributed by atoms with Gasteiger partial charge in [0.15, 0.2) is 0 Å². The summed E-state index contributed by atoms with van der Waals surface area (Å²) in [5.41, 5.74) is 0. The van der Waals surface area contributed by atoms with E-state index in [9.17, 15) is 0 Å². The van der Waals surface area contributed by atoms with Gasteiger partial charge in [0.2, 0.25) is 0 Å². The topological polar surface area (TPSA) is 60.0 Å². The van der Waals surface area contributed by atoms with Crippen molar-refractivity contribution < 1.29 is 0 Å². The molecule has 1 aromatic heterocycles. The fourth-order valence-electron chi connectivity index (χ4n) is 1.43. The molecule has 0 amide bonds. The van der Waals surface area contributed by atoms with E-state index in [4.69, 9.17) is 5.84 Å². The van der Waals surface area contributed by atoms with Gasteiger partial charge in [-0.05, 0) is 6.42 Å². The zero-order valence-electron chi connectivity index (χ0n) is 7.37. The second-order valence-electron chi connectivity index (χ2n) is 3.13. The van der Waals surface area contributed by atoms with Gasteiger partial charge in [-0.2, -0.15) is 15.0 Å². The summed E-state index contributed by atoms with van der Waals surface area (Å²) >= 11 is 0. The lowest BCUT2D eigenvalue weighted by atomic mass is 10.3. The summed E-state index contributed by atoms with van der Waals surface area (Å²) in [6.07, 6.45) is 8.58. The number of rotatable bonds is 1. The molecule has 0 saturated heterocycles. The smallest absolute Gasteiger partial charge is 0.104 e. The zero-order chi connectivity index (χ0) is 9.10. The van der Waals surface area contributed by atoms with Crippen molar-refractivity contribution >= 4 is 0 Å². The predicted molar refractivity (Wildman–Crippen MR) is 48.6 cm³/mol. The van der Waals surface area contributed by atoms with Gasteiger partial charge in [0.05, 0.1) is 12.4 Å². The van der Waals surface area contributed by atoms with E-state index in [1.54, 1.807) is 22.2 Å². The molecule has 1 atom stereocenters. The summed E-state index contributed by atoms with van der Waals surface area (Å²) in [6.45, 7) is 1.67. The minimum Gasteiger partial charge on any atom is -0.269 e. The minimum absolute atomic E-state index is 0.169. The van der Waals surface area contributed by atoms with Crippen LogP contribution in [0.5, 0.6) is 0 Å². The molecule has 1 aromatic rings. The Hall–Kier alpha value is -1.20. The quantitative estimate of drug-likeness (QED) is 0.485. The molecule has 2 heterocycles. The van der Waals surface area contributed by atoms with E-state index in [0.717, 1.165) is 19.5 Å². The van der Waals surface area contributed by atoms with Crippen molar-refractivity contribution in [2.45, 2.75) is 12.5 Å². The van der Waals surface area contributed by atoms with Crippen molar-refractivity contribution in [2.75, 3.05) is 13.1 Å². The van der Waals surface area contributed by atoms with E-state index in [2.05, 4.69) is 22.3 Å². The maximum absolute atomic E-state index is 5.76. The van der Waals surface area contributed by atoms with Crippen LogP contribution in [-0.4, -0.2) is 33.1 Å². The fraction of sp³-hybridized carbons (Fsp3) is 0.500. The first-order valence-electron chi connectivity index (χ1n) is 4.38. The van der Waals surface area contributed by atoms with Crippen molar-refractivity contribution in [3.05, 3.63) is 24.5 Å². The van der Waals surface area contributed by atoms with Crippen molar-refractivity contribution in [1.29, 1.82) is 0 Å². The van der Waals surface area contributed by atoms with Crippen LogP contribution < -0.4 is 5.84 Å². The molecule has 0 aromatic carbocycles. The first-order chi connectivity index (χ1) is 6.36. The van der Waals surface area contributed by atoms with E-state index < -0.39 is 0 Å². The van der Waals surface area contributed by atoms with Gasteiger partial charge in [-0.1, -0.05) is 12.2 Å². The lowest BCUT2D eigenvalue weighted by molar-refractivity contribution is 0.252. The second kappa shape index (κ2) is 3.68. The number of aromatic nitrogens is 3. The largest absolute Gasteiger partial charge is 0.269 e. The highest BCUT2D eigenvalue weighted by Gasteiger charge is 2.14. The van der Waals surface area contributed by atoms with Crippen molar-refractivity contribution in [3.8, 4) is 0 Å². The van der Waals surface area contributed by atoms with E-state index in [1.165, 1.54) is 0 Å². The summed E-state index contributed by atoms with van der Waals surface area (Å²) in [4.78, 5) is 1.68. The number of nitrogens with zero attached hydrogens (tertiary/aromatic N) is 4. The first kappa shape index (κ1) is 8.40. The second-order valence-corrected chi connectivity index (χ2v) is 3.13. The minimum atomic E-state index is 0.169. The molecule has 0 saturated carbocycles. The molecule has 70 valence electrons. The molecular formula is C8H13N5. The van der Waals surface area contributed by atoms with E-state index in [0.29, 0.717) is 0 Å². The molecule has 0 spiro atoms. The Morgan fingerprint density at radius 3 is 2.85 bits per heavy atom. The number of hydrogen-bond acceptors (Lipinski definition) is 4. The lowest BCUT2D eigenvalue weighted by Gasteiger charge is -2.17. The Bertz CT molecular complexity index is 279. The zero-order valence-corrected chi connectivity index (χ0v) is 7.37. The summed E-state index contributed by atoms with van der Waals surface area (Å²) in [5.74, 6) is 5.76. The molecule has 0 aliphatic carbocycles. The number of hydrazine groups is 1. The third kappa shape index (κ3) is 1.93. The average molecular weight is 179 g/mol. The van der Waals surface area contributed by atoms with Gasteiger partial charge in [0, 0.05) is 13.1 Å². The summed E-state index contributed by atoms with van der Waals surface area (Å²) in [6, 6.07) is 0.169. The van der Waals surface area contributed by atoms with Gasteiger partial charge >= 0.3 is 0 Å². The van der Waals surface area contributed by atoms with E-state index >= 15 is 0 Å². The molecule has 13 heavy (non-hydrogen) atoms. The van der Waals surface area contributed by atoms with Gasteiger partial charge in [-0.3, -0.25) is 5.84 Å². The molecule has 1 aliphatic rings. The monoisotopic (exact) mass is 179 g/mol. The van der Waals surface area contributed by atoms with Gasteiger partial charge in [-0.25, -0.2) is 5.01 Å². The van der Waals surface area contributed by atoms with Gasteiger partial charge in [-0.15, -0.1) is 0 Å². The molecule has 2 rings (SSSR count). The van der Waals surface area contributed by atoms with Crippen LogP contribution in [0.4, 0.5) is 0 Å². The predicted octanol–water partition coefficient (Wildman–Crippen LogP) is -0.0452. The van der Waals surface area contributed by atoms with Crippen LogP contribution in [0.25, 0.3) is 0 Å². The molecule has 1 aliphatic heterocycles. The fourth-order valence-corrected chi connectivity index (χ4v) is 1.43. The lowest BCUT2D eigenvalue weighted by Crippen LogP contribution is -2.36. The van der Waals surface area contributed by atoms with E-state index in [1.807, 2.05) is 0 Å². The van der Waals surface area contributed by atoms with Crippen LogP contribution in [0.15, 0.2) is 24.5 Å². The van der Waals surface area contributed by atoms with Crippen LogP contribution in [0.1, 0.15) is 12.5 Å². The Balaban J connectivity index is 2.13. The molecular weight excluding hydrogens is 166 g/mol. The van der Waals surface area contributed by atoms with Crippen LogP contribution >= 0.6 is 0 Å². The Morgan fingerprint density at radius 1 is 1.31 bits per heavy atom. The summed E-state index contributed by atoms with van der Waals surface area (Å²) < 4.78 is 0. The molecule has 0 fully saturated rings. The van der Waals surface area contributed by atoms with E-state index in [-0.39, 0.29) is 6.04 Å². The molecule has 1 unspecified atom stereocenters. The molecule has 5 nitrogen and oxygen atoms in total. The molecule has 0 radical (unpaired) electrons. The maximum atomic E-state index is 5.76. The standard InChI is InChI=1S/C8H13N5/c9-12-6-2-1-3-8(7-12)13-10-4-5-11-13/h1,3-5,8H,2,6-7,9H2. The van der Waals surface area contributed by atoms with Crippen LogP contribution in [-0.2, 0) is 0 Å². The Morgan fingerprint density at radius 2 is 2.08 bits per heavy atom. The van der Waals surface area contributed by atoms with Crippen LogP contribution in [0, 0.1) is 0 Å². The first-order valence-corrected chi connectivity index (χ1v) is 4.38. The highest BCUT2D eigenvalue weighted by molar-refractivity contribution is 4.94. The third-order valence-corrected chi connectivity index (χ3v) is 2.10. The third-order valence-electron chi connectivity index (χ3n) is 2.10. The molecule has 5 heteroatoms. The maximum Gasteiger partial charge on any atom is 0.104 e. The summed E-state index contributed by atoms with van der Waals surface area (Å²) in [5, 5.41) is 9.98.